The van der Waals surface area contributed by atoms with Crippen LogP contribution in [0.25, 0.3) is 0 Å². The Morgan fingerprint density at radius 1 is 1.14 bits per heavy atom. The van der Waals surface area contributed by atoms with Crippen molar-refractivity contribution in [2.75, 3.05) is 6.54 Å². The number of benzene rings is 2. The summed E-state index contributed by atoms with van der Waals surface area (Å²) in [4.78, 5) is 35.1. The van der Waals surface area contributed by atoms with Gasteiger partial charge >= 0.3 is 6.18 Å². The van der Waals surface area contributed by atoms with Crippen molar-refractivity contribution in [3.63, 3.8) is 0 Å². The predicted molar refractivity (Wildman–Crippen MR) is 126 cm³/mol. The molecule has 0 radical (unpaired) electrons. The van der Waals surface area contributed by atoms with Crippen molar-refractivity contribution in [1.29, 1.82) is 0 Å². The molecule has 2 aromatic rings. The van der Waals surface area contributed by atoms with E-state index in [1.807, 2.05) is 0 Å². The standard InChI is InChI=1S/C23H20Cl3F3N2O4/c1-2-20(33)30-18-6-4-12-7-13(3-5-15(12)18)19(32)10-22(11-31(34)35,23(27,28)29)14-8-16(24)21(26)17(25)9-14/h3,5,7-9,18H,2,4,6,10-11H2,1H3,(H,30,33). The molecule has 2 unspecified atom stereocenters. The normalized spacial score (nSPS) is 16.9. The fourth-order valence-corrected chi connectivity index (χ4v) is 4.86. The van der Waals surface area contributed by atoms with Gasteiger partial charge in [0.25, 0.3) is 0 Å². The third-order valence-electron chi connectivity index (χ3n) is 6.14. The largest absolute Gasteiger partial charge is 0.405 e. The van der Waals surface area contributed by atoms with Gasteiger partial charge in [0.2, 0.25) is 12.5 Å². The van der Waals surface area contributed by atoms with E-state index in [1.165, 1.54) is 12.1 Å². The second-order valence-corrected chi connectivity index (χ2v) is 9.54. The van der Waals surface area contributed by atoms with Crippen molar-refractivity contribution in [2.45, 2.75) is 50.2 Å². The third-order valence-corrected chi connectivity index (χ3v) is 7.34. The number of rotatable bonds is 8. The van der Waals surface area contributed by atoms with Crippen LogP contribution in [-0.2, 0) is 16.6 Å². The van der Waals surface area contributed by atoms with Crippen molar-refractivity contribution in [3.05, 3.63) is 77.8 Å². The SMILES string of the molecule is CCC(=O)NC1CCc2cc(C(=O)CC(C[N+](=O)[O-])(c3cc(Cl)c(Cl)c(Cl)c3)C(F)(F)F)ccc21. The molecule has 0 aliphatic heterocycles. The maximum absolute atomic E-state index is 14.5. The van der Waals surface area contributed by atoms with Crippen LogP contribution < -0.4 is 5.32 Å². The first kappa shape index (κ1) is 27.2. The van der Waals surface area contributed by atoms with Crippen molar-refractivity contribution in [3.8, 4) is 0 Å². The summed E-state index contributed by atoms with van der Waals surface area (Å²) in [6, 6.07) is 5.89. The third kappa shape index (κ3) is 5.57. The molecule has 0 saturated carbocycles. The molecular formula is C23H20Cl3F3N2O4. The van der Waals surface area contributed by atoms with Crippen molar-refractivity contribution in [2.24, 2.45) is 0 Å². The molecule has 0 heterocycles. The highest BCUT2D eigenvalue weighted by atomic mass is 35.5. The van der Waals surface area contributed by atoms with Gasteiger partial charge in [-0.1, -0.05) is 53.9 Å². The number of fused-ring (bicyclic) bond motifs is 1. The number of hydrogen-bond donors (Lipinski definition) is 1. The van der Waals surface area contributed by atoms with Crippen LogP contribution in [0, 0.1) is 10.1 Å². The van der Waals surface area contributed by atoms with Crippen LogP contribution in [-0.4, -0.2) is 29.3 Å². The highest BCUT2D eigenvalue weighted by Gasteiger charge is 2.61. The number of ketones is 1. The van der Waals surface area contributed by atoms with Crippen LogP contribution in [0.15, 0.2) is 30.3 Å². The quantitative estimate of drug-likeness (QED) is 0.175. The molecular weight excluding hydrogens is 532 g/mol. The van der Waals surface area contributed by atoms with Gasteiger partial charge in [0.1, 0.15) is 0 Å². The minimum Gasteiger partial charge on any atom is -0.349 e. The van der Waals surface area contributed by atoms with Gasteiger partial charge in [-0.25, -0.2) is 0 Å². The van der Waals surface area contributed by atoms with Gasteiger partial charge in [-0.2, -0.15) is 13.2 Å². The first-order chi connectivity index (χ1) is 16.3. The molecule has 1 aliphatic rings. The Bertz CT molecular complexity index is 1170. The number of nitrogens with one attached hydrogen (secondary N) is 1. The number of hydrogen-bond acceptors (Lipinski definition) is 4. The molecule has 35 heavy (non-hydrogen) atoms. The van der Waals surface area contributed by atoms with Crippen LogP contribution in [0.2, 0.25) is 15.1 Å². The van der Waals surface area contributed by atoms with E-state index >= 15 is 0 Å². The smallest absolute Gasteiger partial charge is 0.349 e. The van der Waals surface area contributed by atoms with E-state index < -0.39 is 40.8 Å². The number of nitrogens with zero attached hydrogens (tertiary/aromatic N) is 1. The van der Waals surface area contributed by atoms with Crippen molar-refractivity contribution in [1.82, 2.24) is 5.32 Å². The summed E-state index contributed by atoms with van der Waals surface area (Å²) in [5.41, 5.74) is -2.33. The molecule has 1 aliphatic carbocycles. The highest BCUT2D eigenvalue weighted by Crippen LogP contribution is 2.47. The second-order valence-electron chi connectivity index (χ2n) is 8.35. The molecule has 6 nitrogen and oxygen atoms in total. The summed E-state index contributed by atoms with van der Waals surface area (Å²) in [5, 5.41) is 13.4. The van der Waals surface area contributed by atoms with E-state index in [2.05, 4.69) is 5.32 Å². The zero-order valence-electron chi connectivity index (χ0n) is 18.3. The maximum Gasteiger partial charge on any atom is 0.405 e. The Morgan fingerprint density at radius 3 is 2.31 bits per heavy atom. The number of carbonyl (C=O) groups is 2. The highest BCUT2D eigenvalue weighted by molar-refractivity contribution is 6.48. The first-order valence-electron chi connectivity index (χ1n) is 10.6. The Kier molecular flexibility index (Phi) is 8.03. The molecule has 2 atom stereocenters. The van der Waals surface area contributed by atoms with Crippen LogP contribution in [0.1, 0.15) is 59.3 Å². The Morgan fingerprint density at radius 2 is 1.77 bits per heavy atom. The average Bonchev–Trinajstić information content (AvgIpc) is 3.17. The molecule has 0 aromatic heterocycles. The van der Waals surface area contributed by atoms with E-state index in [-0.39, 0.29) is 32.6 Å². The monoisotopic (exact) mass is 550 g/mol. The van der Waals surface area contributed by atoms with Crippen LogP contribution in [0.3, 0.4) is 0 Å². The lowest BCUT2D eigenvalue weighted by molar-refractivity contribution is -0.501. The molecule has 3 rings (SSSR count). The summed E-state index contributed by atoms with van der Waals surface area (Å²) in [6.07, 6.45) is -5.01. The molecule has 1 amide bonds. The van der Waals surface area contributed by atoms with Crippen LogP contribution >= 0.6 is 34.8 Å². The van der Waals surface area contributed by atoms with E-state index in [9.17, 15) is 32.9 Å². The van der Waals surface area contributed by atoms with Gasteiger partial charge < -0.3 is 5.32 Å². The van der Waals surface area contributed by atoms with E-state index in [0.717, 1.165) is 23.3 Å². The summed E-state index contributed by atoms with van der Waals surface area (Å²) in [7, 11) is 0. The average molecular weight is 552 g/mol. The second kappa shape index (κ2) is 10.3. The van der Waals surface area contributed by atoms with Gasteiger partial charge in [-0.05, 0) is 47.7 Å². The lowest BCUT2D eigenvalue weighted by atomic mass is 9.74. The maximum atomic E-state index is 14.5. The fourth-order valence-electron chi connectivity index (χ4n) is 4.27. The molecule has 188 valence electrons. The predicted octanol–water partition coefficient (Wildman–Crippen LogP) is 6.51. The molecule has 0 fully saturated rings. The Hall–Kier alpha value is -2.36. The van der Waals surface area contributed by atoms with E-state index in [1.54, 1.807) is 13.0 Å². The van der Waals surface area contributed by atoms with E-state index in [4.69, 9.17) is 34.8 Å². The van der Waals surface area contributed by atoms with Gasteiger partial charge in [0.15, 0.2) is 11.2 Å². The number of nitro groups is 1. The number of Topliss-reactive ketones (excluding diaryl/α,β-unsaturated/α-hetero) is 1. The Labute approximate surface area is 213 Å². The van der Waals surface area contributed by atoms with Gasteiger partial charge in [0, 0.05) is 23.3 Å². The number of carbonyl (C=O) groups excluding carboxylic acids is 2. The summed E-state index contributed by atoms with van der Waals surface area (Å²) >= 11 is 17.7. The minimum absolute atomic E-state index is 0.0191. The molecule has 0 spiro atoms. The lowest BCUT2D eigenvalue weighted by Gasteiger charge is -2.32. The van der Waals surface area contributed by atoms with Gasteiger partial charge in [-0.3, -0.25) is 19.7 Å². The number of alkyl halides is 3. The van der Waals surface area contributed by atoms with Gasteiger partial charge in [-0.15, -0.1) is 0 Å². The van der Waals surface area contributed by atoms with Crippen molar-refractivity contribution >= 4 is 46.5 Å². The molecule has 2 aromatic carbocycles. The zero-order chi connectivity index (χ0) is 26.1. The first-order valence-corrected chi connectivity index (χ1v) is 11.7. The summed E-state index contributed by atoms with van der Waals surface area (Å²) in [6.45, 7) is 0.110. The topological polar surface area (TPSA) is 89.3 Å². The van der Waals surface area contributed by atoms with Crippen LogP contribution in [0.5, 0.6) is 0 Å². The molecule has 12 heteroatoms. The zero-order valence-corrected chi connectivity index (χ0v) is 20.6. The van der Waals surface area contributed by atoms with Crippen LogP contribution in [0.4, 0.5) is 13.2 Å². The number of aryl methyl sites for hydroxylation is 1. The lowest BCUT2D eigenvalue weighted by Crippen LogP contribution is -2.49. The minimum atomic E-state index is -5.19. The number of halogens is 6. The number of amides is 1. The summed E-state index contributed by atoms with van der Waals surface area (Å²) < 4.78 is 43.4. The molecule has 0 bridgehead atoms. The summed E-state index contributed by atoms with van der Waals surface area (Å²) in [5.74, 6) is -1.08. The Balaban J connectivity index is 2.02. The van der Waals surface area contributed by atoms with Gasteiger partial charge in [0.05, 0.1) is 21.1 Å². The fraction of sp³-hybridized carbons (Fsp3) is 0.391. The molecule has 0 saturated heterocycles. The van der Waals surface area contributed by atoms with Crippen molar-refractivity contribution < 1.29 is 27.7 Å². The molecule has 1 N–H and O–H groups in total. The van der Waals surface area contributed by atoms with E-state index in [0.29, 0.717) is 19.3 Å².